The van der Waals surface area contributed by atoms with Crippen molar-refractivity contribution in [3.8, 4) is 16.9 Å². The van der Waals surface area contributed by atoms with E-state index in [9.17, 15) is 0 Å². The van der Waals surface area contributed by atoms with E-state index in [0.717, 1.165) is 5.69 Å². The van der Waals surface area contributed by atoms with E-state index in [1.165, 1.54) is 47.0 Å². The number of fused-ring (bicyclic) bond motifs is 1. The van der Waals surface area contributed by atoms with Gasteiger partial charge in [0.25, 0.3) is 0 Å². The monoisotopic (exact) mass is 407 g/mol. The van der Waals surface area contributed by atoms with E-state index in [1.807, 2.05) is 0 Å². The fourth-order valence-electron chi connectivity index (χ4n) is 4.88. The van der Waals surface area contributed by atoms with Crippen molar-refractivity contribution < 1.29 is 0 Å². The summed E-state index contributed by atoms with van der Waals surface area (Å²) in [5.74, 6) is 0. The Balaban J connectivity index is 1.75. The van der Waals surface area contributed by atoms with Gasteiger partial charge in [0.1, 0.15) is 0 Å². The maximum Gasteiger partial charge on any atom is 0.0629 e. The van der Waals surface area contributed by atoms with Gasteiger partial charge in [-0.2, -0.15) is 5.10 Å². The van der Waals surface area contributed by atoms with Gasteiger partial charge in [-0.3, -0.25) is 5.01 Å². The summed E-state index contributed by atoms with van der Waals surface area (Å²) in [4.78, 5) is 0. The van der Waals surface area contributed by atoms with E-state index in [0.29, 0.717) is 12.1 Å². The molecule has 3 nitrogen and oxygen atoms in total. The van der Waals surface area contributed by atoms with Crippen molar-refractivity contribution in [2.24, 2.45) is 5.10 Å². The summed E-state index contributed by atoms with van der Waals surface area (Å²) in [5, 5.41) is 8.58. The van der Waals surface area contributed by atoms with Crippen LogP contribution < -0.4 is 0 Å². The molecule has 0 N–H and O–H groups in total. The molecule has 0 aliphatic carbocycles. The van der Waals surface area contributed by atoms with Gasteiger partial charge >= 0.3 is 0 Å². The third-order valence-corrected chi connectivity index (χ3v) is 6.44. The molecule has 4 aromatic rings. The molecule has 2 atom stereocenters. The zero-order chi connectivity index (χ0) is 21.2. The number of nitrogens with zero attached hydrogens (tertiary/aromatic N) is 3. The summed E-state index contributed by atoms with van der Waals surface area (Å²) in [7, 11) is 0. The largest absolute Gasteiger partial charge is 0.309 e. The molecule has 156 valence electrons. The number of hydrogen-bond donors (Lipinski definition) is 0. The van der Waals surface area contributed by atoms with Crippen LogP contribution in [0.3, 0.4) is 0 Å². The Morgan fingerprint density at radius 3 is 2.10 bits per heavy atom. The maximum atomic E-state index is 5.05. The molecule has 0 radical (unpaired) electrons. The van der Waals surface area contributed by atoms with E-state index in [4.69, 9.17) is 5.10 Å². The lowest BCUT2D eigenvalue weighted by Crippen LogP contribution is -2.39. The number of benzene rings is 3. The summed E-state index contributed by atoms with van der Waals surface area (Å²) in [5.41, 5.74) is 5.93. The van der Waals surface area contributed by atoms with Crippen molar-refractivity contribution in [2.75, 3.05) is 0 Å². The minimum atomic E-state index is 0.475. The Bertz CT molecular complexity index is 1180. The van der Waals surface area contributed by atoms with Crippen LogP contribution in [-0.4, -0.2) is 27.9 Å². The fourth-order valence-corrected chi connectivity index (χ4v) is 4.88. The molecule has 3 heteroatoms. The van der Waals surface area contributed by atoms with Crippen LogP contribution in [0.15, 0.2) is 90.0 Å². The number of piperidine rings is 1. The molecule has 0 bridgehead atoms. The number of hydrazone groups is 1. The van der Waals surface area contributed by atoms with Gasteiger partial charge in [0.05, 0.1) is 17.4 Å². The van der Waals surface area contributed by atoms with Crippen molar-refractivity contribution in [1.82, 2.24) is 9.58 Å². The smallest absolute Gasteiger partial charge is 0.0629 e. The topological polar surface area (TPSA) is 20.5 Å². The first-order valence-electron chi connectivity index (χ1n) is 11.3. The van der Waals surface area contributed by atoms with E-state index in [-0.39, 0.29) is 0 Å². The van der Waals surface area contributed by atoms with Crippen LogP contribution >= 0.6 is 0 Å². The molecule has 0 saturated carbocycles. The van der Waals surface area contributed by atoms with Crippen LogP contribution in [0.25, 0.3) is 27.8 Å². The molecule has 3 aromatic carbocycles. The second-order valence-corrected chi connectivity index (χ2v) is 8.57. The Morgan fingerprint density at radius 2 is 1.39 bits per heavy atom. The lowest BCUT2D eigenvalue weighted by atomic mass is 10.00. The average Bonchev–Trinajstić information content (AvgIpc) is 3.14. The SMILES string of the molecule is CC1CCCC(C)N1/N=C/c1c(-c2ccccc2)n(-c2ccccc2)c2ccccc12. The molecule has 1 fully saturated rings. The summed E-state index contributed by atoms with van der Waals surface area (Å²) in [6.07, 6.45) is 5.80. The van der Waals surface area contributed by atoms with E-state index < -0.39 is 0 Å². The summed E-state index contributed by atoms with van der Waals surface area (Å²) >= 11 is 0. The zero-order valence-electron chi connectivity index (χ0n) is 18.3. The lowest BCUT2D eigenvalue weighted by molar-refractivity contribution is 0.109. The Morgan fingerprint density at radius 1 is 0.774 bits per heavy atom. The van der Waals surface area contributed by atoms with Crippen molar-refractivity contribution in [3.05, 3.63) is 90.5 Å². The minimum Gasteiger partial charge on any atom is -0.309 e. The van der Waals surface area contributed by atoms with Crippen molar-refractivity contribution in [2.45, 2.75) is 45.2 Å². The highest BCUT2D eigenvalue weighted by Crippen LogP contribution is 2.36. The minimum absolute atomic E-state index is 0.475. The van der Waals surface area contributed by atoms with Gasteiger partial charge in [0.2, 0.25) is 0 Å². The summed E-state index contributed by atoms with van der Waals surface area (Å²) in [6.45, 7) is 4.58. The van der Waals surface area contributed by atoms with Crippen molar-refractivity contribution >= 4 is 17.1 Å². The van der Waals surface area contributed by atoms with Crippen molar-refractivity contribution in [1.29, 1.82) is 0 Å². The normalized spacial score (nSPS) is 19.4. The summed E-state index contributed by atoms with van der Waals surface area (Å²) in [6, 6.07) is 30.9. The standard InChI is InChI=1S/C28H29N3/c1-21-12-11-13-22(2)31(21)29-20-26-25-18-9-10-19-27(25)30(24-16-7-4-8-17-24)28(26)23-14-5-3-6-15-23/h3-10,14-22H,11-13H2,1-2H3/b29-20+. The number of hydrogen-bond acceptors (Lipinski definition) is 2. The van der Waals surface area contributed by atoms with E-state index in [2.05, 4.69) is 115 Å². The molecule has 0 amide bonds. The highest BCUT2D eigenvalue weighted by molar-refractivity contribution is 6.07. The molecule has 0 spiro atoms. The van der Waals surface area contributed by atoms with Crippen molar-refractivity contribution in [3.63, 3.8) is 0 Å². The fraction of sp³-hybridized carbons (Fsp3) is 0.250. The number of rotatable bonds is 4. The number of para-hydroxylation sites is 2. The molecular weight excluding hydrogens is 378 g/mol. The molecule has 2 heterocycles. The Hall–Kier alpha value is -3.33. The Labute approximate surface area is 184 Å². The third kappa shape index (κ3) is 3.65. The highest BCUT2D eigenvalue weighted by Gasteiger charge is 2.24. The van der Waals surface area contributed by atoms with Gasteiger partial charge in [-0.1, -0.05) is 66.7 Å². The predicted molar refractivity (Wildman–Crippen MR) is 131 cm³/mol. The highest BCUT2D eigenvalue weighted by atomic mass is 15.5. The van der Waals surface area contributed by atoms with E-state index >= 15 is 0 Å². The first-order chi connectivity index (χ1) is 15.2. The molecule has 2 unspecified atom stereocenters. The maximum absolute atomic E-state index is 5.05. The van der Waals surface area contributed by atoms with Crippen LogP contribution in [0.4, 0.5) is 0 Å². The third-order valence-electron chi connectivity index (χ3n) is 6.44. The molecule has 1 aliphatic heterocycles. The quantitative estimate of drug-likeness (QED) is 0.337. The average molecular weight is 408 g/mol. The van der Waals surface area contributed by atoms with E-state index in [1.54, 1.807) is 0 Å². The molecule has 1 aliphatic rings. The zero-order valence-corrected chi connectivity index (χ0v) is 18.3. The van der Waals surface area contributed by atoms with Gasteiger partial charge < -0.3 is 4.57 Å². The lowest BCUT2D eigenvalue weighted by Gasteiger charge is -2.36. The Kier molecular flexibility index (Phi) is 5.33. The molecule has 1 saturated heterocycles. The van der Waals surface area contributed by atoms with Gasteiger partial charge in [-0.15, -0.1) is 0 Å². The van der Waals surface area contributed by atoms with Crippen LogP contribution in [0, 0.1) is 0 Å². The second-order valence-electron chi connectivity index (χ2n) is 8.57. The van der Waals surface area contributed by atoms with Gasteiger partial charge in [0, 0.05) is 28.7 Å². The van der Waals surface area contributed by atoms with Crippen LogP contribution in [0.1, 0.15) is 38.7 Å². The predicted octanol–water partition coefficient (Wildman–Crippen LogP) is 6.89. The summed E-state index contributed by atoms with van der Waals surface area (Å²) < 4.78 is 2.37. The van der Waals surface area contributed by atoms with Gasteiger partial charge in [-0.05, 0) is 56.9 Å². The molecular formula is C28H29N3. The van der Waals surface area contributed by atoms with Crippen LogP contribution in [0.5, 0.6) is 0 Å². The number of aromatic nitrogens is 1. The first kappa shape index (κ1) is 19.6. The first-order valence-corrected chi connectivity index (χ1v) is 11.3. The molecule has 31 heavy (non-hydrogen) atoms. The molecule has 1 aromatic heterocycles. The van der Waals surface area contributed by atoms with Gasteiger partial charge in [0.15, 0.2) is 0 Å². The van der Waals surface area contributed by atoms with Gasteiger partial charge in [-0.25, -0.2) is 0 Å². The van der Waals surface area contributed by atoms with Crippen LogP contribution in [0.2, 0.25) is 0 Å². The molecule has 5 rings (SSSR count). The van der Waals surface area contributed by atoms with Crippen LogP contribution in [-0.2, 0) is 0 Å². The second kappa shape index (κ2) is 8.43.